The quantitative estimate of drug-likeness (QED) is 0.487. The molecule has 0 unspecified atom stereocenters. The fourth-order valence-electron chi connectivity index (χ4n) is 2.23. The molecular weight excluding hydrogens is 236 g/mol. The van der Waals surface area contributed by atoms with Crippen LogP contribution in [0.3, 0.4) is 0 Å². The highest BCUT2D eigenvalue weighted by Gasteiger charge is 2.30. The summed E-state index contributed by atoms with van der Waals surface area (Å²) in [6.45, 7) is 8.91. The van der Waals surface area contributed by atoms with Crippen LogP contribution in [-0.4, -0.2) is 8.32 Å². The molecule has 0 aromatic heterocycles. The molecule has 0 saturated carbocycles. The van der Waals surface area contributed by atoms with Crippen molar-refractivity contribution in [1.29, 1.82) is 0 Å². The molecule has 1 aromatic carbocycles. The second-order valence-corrected chi connectivity index (χ2v) is 9.54. The molecule has 0 N–H and O–H groups in total. The summed E-state index contributed by atoms with van der Waals surface area (Å²) in [5.41, 5.74) is 1.34. The minimum atomic E-state index is -1.49. The average molecular weight is 262 g/mol. The van der Waals surface area contributed by atoms with E-state index in [9.17, 15) is 0 Å². The van der Waals surface area contributed by atoms with E-state index < -0.39 is 8.32 Å². The molecular formula is C16H26OSi. The van der Waals surface area contributed by atoms with E-state index in [1.807, 2.05) is 0 Å². The minimum absolute atomic E-state index is 0.967. The van der Waals surface area contributed by atoms with Crippen molar-refractivity contribution in [2.24, 2.45) is 0 Å². The van der Waals surface area contributed by atoms with E-state index >= 15 is 0 Å². The fourth-order valence-corrected chi connectivity index (χ4v) is 4.92. The maximum Gasteiger partial charge on any atom is 0.250 e. The fraction of sp³-hybridized carbons (Fsp3) is 0.500. The van der Waals surface area contributed by atoms with Crippen molar-refractivity contribution in [2.75, 3.05) is 0 Å². The average Bonchev–Trinajstić information content (AvgIpc) is 2.44. The van der Waals surface area contributed by atoms with Gasteiger partial charge in [0.2, 0.25) is 8.32 Å². The van der Waals surface area contributed by atoms with Gasteiger partial charge in [-0.2, -0.15) is 0 Å². The molecule has 1 nitrogen and oxygen atoms in total. The SMILES string of the molecule is CC[Si](CC)(CC)OC(C)=CCc1ccccc1. The van der Waals surface area contributed by atoms with E-state index in [1.54, 1.807) is 0 Å². The van der Waals surface area contributed by atoms with Gasteiger partial charge in [0.05, 0.1) is 5.76 Å². The topological polar surface area (TPSA) is 9.23 Å². The summed E-state index contributed by atoms with van der Waals surface area (Å²) in [5.74, 6) is 1.11. The van der Waals surface area contributed by atoms with Crippen LogP contribution >= 0.6 is 0 Å². The molecule has 0 amide bonds. The second kappa shape index (κ2) is 7.42. The molecule has 0 aliphatic rings. The first-order valence-corrected chi connectivity index (χ1v) is 9.58. The van der Waals surface area contributed by atoms with Gasteiger partial charge in [-0.25, -0.2) is 0 Å². The number of allylic oxidation sites excluding steroid dienone is 2. The minimum Gasteiger partial charge on any atom is -0.547 e. The van der Waals surface area contributed by atoms with E-state index in [1.165, 1.54) is 23.7 Å². The number of benzene rings is 1. The van der Waals surface area contributed by atoms with Gasteiger partial charge in [0, 0.05) is 0 Å². The van der Waals surface area contributed by atoms with Crippen LogP contribution in [0.1, 0.15) is 33.3 Å². The molecule has 1 rings (SSSR count). The third-order valence-electron chi connectivity index (χ3n) is 3.78. The first kappa shape index (κ1) is 15.0. The van der Waals surface area contributed by atoms with Crippen molar-refractivity contribution in [3.8, 4) is 0 Å². The Balaban J connectivity index is 2.61. The standard InChI is InChI=1S/C16H26OSi/c1-5-18(6-2,7-3)17-15(4)13-14-16-11-9-8-10-12-16/h8-13H,5-7,14H2,1-4H3. The number of rotatable bonds is 7. The van der Waals surface area contributed by atoms with Gasteiger partial charge < -0.3 is 4.43 Å². The second-order valence-electron chi connectivity index (χ2n) is 4.85. The van der Waals surface area contributed by atoms with Crippen LogP contribution in [0.4, 0.5) is 0 Å². The maximum absolute atomic E-state index is 6.31. The van der Waals surface area contributed by atoms with E-state index in [-0.39, 0.29) is 0 Å². The van der Waals surface area contributed by atoms with Gasteiger partial charge in [0.1, 0.15) is 0 Å². The molecule has 2 heteroatoms. The van der Waals surface area contributed by atoms with Crippen LogP contribution in [0.5, 0.6) is 0 Å². The summed E-state index contributed by atoms with van der Waals surface area (Å²) in [5, 5.41) is 0. The summed E-state index contributed by atoms with van der Waals surface area (Å²) in [4.78, 5) is 0. The summed E-state index contributed by atoms with van der Waals surface area (Å²) in [6.07, 6.45) is 3.19. The van der Waals surface area contributed by atoms with Crippen LogP contribution in [0.15, 0.2) is 42.2 Å². The lowest BCUT2D eigenvalue weighted by molar-refractivity contribution is 0.405. The zero-order chi connectivity index (χ0) is 13.4. The Kier molecular flexibility index (Phi) is 6.20. The van der Waals surface area contributed by atoms with Gasteiger partial charge in [-0.3, -0.25) is 0 Å². The van der Waals surface area contributed by atoms with E-state index in [2.05, 4.69) is 64.1 Å². The van der Waals surface area contributed by atoms with Gasteiger partial charge in [0.25, 0.3) is 0 Å². The number of hydrogen-bond acceptors (Lipinski definition) is 1. The Bertz CT molecular complexity index is 358. The summed E-state index contributed by atoms with van der Waals surface area (Å²) < 4.78 is 6.31. The predicted molar refractivity (Wildman–Crippen MR) is 82.2 cm³/mol. The van der Waals surface area contributed by atoms with Gasteiger partial charge in [0.15, 0.2) is 0 Å². The van der Waals surface area contributed by atoms with Crippen molar-refractivity contribution >= 4 is 8.32 Å². The Labute approximate surface area is 113 Å². The zero-order valence-electron chi connectivity index (χ0n) is 12.2. The summed E-state index contributed by atoms with van der Waals surface area (Å²) in [6, 6.07) is 14.2. The monoisotopic (exact) mass is 262 g/mol. The lowest BCUT2D eigenvalue weighted by atomic mass is 10.1. The molecule has 0 aliphatic heterocycles. The third kappa shape index (κ3) is 4.34. The van der Waals surface area contributed by atoms with E-state index in [0.29, 0.717) is 0 Å². The highest BCUT2D eigenvalue weighted by atomic mass is 28.4. The molecule has 0 saturated heterocycles. The van der Waals surface area contributed by atoms with Crippen LogP contribution in [0.25, 0.3) is 0 Å². The summed E-state index contributed by atoms with van der Waals surface area (Å²) in [7, 11) is -1.49. The molecule has 1 aromatic rings. The zero-order valence-corrected chi connectivity index (χ0v) is 13.2. The molecule has 0 heterocycles. The first-order valence-electron chi connectivity index (χ1n) is 7.05. The largest absolute Gasteiger partial charge is 0.547 e. The van der Waals surface area contributed by atoms with Crippen molar-refractivity contribution < 1.29 is 4.43 Å². The predicted octanol–water partition coefficient (Wildman–Crippen LogP) is 5.15. The van der Waals surface area contributed by atoms with Crippen molar-refractivity contribution in [3.05, 3.63) is 47.7 Å². The van der Waals surface area contributed by atoms with Crippen LogP contribution < -0.4 is 0 Å². The summed E-state index contributed by atoms with van der Waals surface area (Å²) >= 11 is 0. The lowest BCUT2D eigenvalue weighted by Crippen LogP contribution is -2.35. The molecule has 0 fully saturated rings. The van der Waals surface area contributed by atoms with Gasteiger partial charge in [-0.15, -0.1) is 0 Å². The lowest BCUT2D eigenvalue weighted by Gasteiger charge is -2.29. The molecule has 0 spiro atoms. The van der Waals surface area contributed by atoms with Crippen LogP contribution in [-0.2, 0) is 10.8 Å². The molecule has 0 atom stereocenters. The Morgan fingerprint density at radius 2 is 1.61 bits per heavy atom. The Hall–Kier alpha value is -1.02. The third-order valence-corrected chi connectivity index (χ3v) is 8.40. The van der Waals surface area contributed by atoms with E-state index in [4.69, 9.17) is 4.43 Å². The van der Waals surface area contributed by atoms with Crippen molar-refractivity contribution in [1.82, 2.24) is 0 Å². The smallest absolute Gasteiger partial charge is 0.250 e. The van der Waals surface area contributed by atoms with Gasteiger partial charge >= 0.3 is 0 Å². The number of hydrogen-bond donors (Lipinski definition) is 0. The van der Waals surface area contributed by atoms with Crippen molar-refractivity contribution in [3.63, 3.8) is 0 Å². The maximum atomic E-state index is 6.31. The van der Waals surface area contributed by atoms with Crippen LogP contribution in [0.2, 0.25) is 18.1 Å². The molecule has 0 radical (unpaired) electrons. The highest BCUT2D eigenvalue weighted by Crippen LogP contribution is 2.24. The Morgan fingerprint density at radius 3 is 2.11 bits per heavy atom. The van der Waals surface area contributed by atoms with E-state index in [0.717, 1.165) is 12.2 Å². The van der Waals surface area contributed by atoms with Gasteiger partial charge in [-0.05, 0) is 43.1 Å². The molecule has 0 aliphatic carbocycles. The molecule has 18 heavy (non-hydrogen) atoms. The Morgan fingerprint density at radius 1 is 1.06 bits per heavy atom. The normalized spacial score (nSPS) is 12.6. The highest BCUT2D eigenvalue weighted by molar-refractivity contribution is 6.73. The molecule has 100 valence electrons. The first-order chi connectivity index (χ1) is 8.65. The van der Waals surface area contributed by atoms with Crippen LogP contribution in [0, 0.1) is 0 Å². The van der Waals surface area contributed by atoms with Crippen molar-refractivity contribution in [2.45, 2.75) is 52.2 Å². The molecule has 0 bridgehead atoms. The van der Waals surface area contributed by atoms with Gasteiger partial charge in [-0.1, -0.05) is 51.1 Å².